The van der Waals surface area contributed by atoms with Crippen LogP contribution in [0.1, 0.15) is 36.0 Å². The number of anilines is 2. The lowest BCUT2D eigenvalue weighted by molar-refractivity contribution is -0.402. The molecule has 1 fully saturated rings. The fourth-order valence-corrected chi connectivity index (χ4v) is 4.33. The molecule has 3 heterocycles. The highest BCUT2D eigenvalue weighted by molar-refractivity contribution is 5.85. The van der Waals surface area contributed by atoms with Crippen LogP contribution < -0.4 is 16.0 Å². The van der Waals surface area contributed by atoms with Crippen molar-refractivity contribution in [3.63, 3.8) is 0 Å². The molecule has 10 nitrogen and oxygen atoms in total. The molecule has 0 unspecified atom stereocenters. The molecule has 0 bridgehead atoms. The average Bonchev–Trinajstić information content (AvgIpc) is 3.51. The Labute approximate surface area is 217 Å². The van der Waals surface area contributed by atoms with Crippen LogP contribution in [-0.2, 0) is 13.1 Å². The van der Waals surface area contributed by atoms with Crippen molar-refractivity contribution in [3.8, 4) is 0 Å². The summed E-state index contributed by atoms with van der Waals surface area (Å²) in [6.07, 6.45) is 1.37. The Morgan fingerprint density at radius 1 is 1.08 bits per heavy atom. The smallest absolute Gasteiger partial charge is 0.404 e. The minimum atomic E-state index is -0.606. The minimum absolute atomic E-state index is 0. The van der Waals surface area contributed by atoms with Gasteiger partial charge in [-0.1, -0.05) is 30.3 Å². The third-order valence-corrected chi connectivity index (χ3v) is 6.22. The van der Waals surface area contributed by atoms with Crippen molar-refractivity contribution >= 4 is 29.7 Å². The highest BCUT2D eigenvalue weighted by Gasteiger charge is 2.27. The minimum Gasteiger partial charge on any atom is -0.404 e. The Kier molecular flexibility index (Phi) is 7.92. The summed E-state index contributed by atoms with van der Waals surface area (Å²) in [4.78, 5) is 24.3. The normalized spacial score (nSPS) is 13.8. The summed E-state index contributed by atoms with van der Waals surface area (Å²) in [7, 11) is 0. The van der Waals surface area contributed by atoms with Gasteiger partial charge in [-0.25, -0.2) is 9.18 Å². The van der Waals surface area contributed by atoms with Crippen LogP contribution in [0.15, 0.2) is 74.3 Å². The second-order valence-electron chi connectivity index (χ2n) is 8.63. The average molecular weight is 530 g/mol. The molecule has 37 heavy (non-hydrogen) atoms. The molecule has 0 atom stereocenters. The number of hydrogen-bond donors (Lipinski definition) is 1. The van der Waals surface area contributed by atoms with Crippen molar-refractivity contribution in [1.82, 2.24) is 9.78 Å². The molecule has 2 aromatic heterocycles. The predicted molar refractivity (Wildman–Crippen MR) is 137 cm³/mol. The van der Waals surface area contributed by atoms with Gasteiger partial charge in [-0.15, -0.1) is 17.5 Å². The summed E-state index contributed by atoms with van der Waals surface area (Å²) in [5, 5.41) is 18.1. The summed E-state index contributed by atoms with van der Waals surface area (Å²) >= 11 is 0. The highest BCUT2D eigenvalue weighted by atomic mass is 35.5. The monoisotopic (exact) mass is 529 g/mol. The lowest BCUT2D eigenvalue weighted by atomic mass is 9.96. The number of nitrogens with zero attached hydrogens (tertiary/aromatic N) is 4. The van der Waals surface area contributed by atoms with Gasteiger partial charge in [0.05, 0.1) is 24.8 Å². The first-order chi connectivity index (χ1) is 17.5. The summed E-state index contributed by atoms with van der Waals surface area (Å²) in [5.74, 6) is -0.386. The van der Waals surface area contributed by atoms with E-state index in [1.807, 2.05) is 35.2 Å². The molecule has 1 aliphatic rings. The van der Waals surface area contributed by atoms with E-state index >= 15 is 0 Å². The fourth-order valence-electron chi connectivity index (χ4n) is 4.33. The number of nitrogens with one attached hydrogen (secondary N) is 1. The van der Waals surface area contributed by atoms with Gasteiger partial charge in [0.15, 0.2) is 0 Å². The number of benzene rings is 2. The molecule has 0 spiro atoms. The zero-order valence-corrected chi connectivity index (χ0v) is 20.5. The summed E-state index contributed by atoms with van der Waals surface area (Å²) in [6.45, 7) is 1.74. The van der Waals surface area contributed by atoms with Gasteiger partial charge < -0.3 is 19.1 Å². The maximum Gasteiger partial charge on any atom is 0.437 e. The van der Waals surface area contributed by atoms with Gasteiger partial charge in [-0.2, -0.15) is 4.68 Å². The molecule has 0 radical (unpaired) electrons. The third-order valence-electron chi connectivity index (χ3n) is 6.22. The van der Waals surface area contributed by atoms with E-state index in [4.69, 9.17) is 8.83 Å². The molecule has 2 aromatic carbocycles. The van der Waals surface area contributed by atoms with E-state index in [0.29, 0.717) is 55.5 Å². The molecular formula is C25H25ClFN5O5. The number of furan rings is 1. The maximum absolute atomic E-state index is 14.9. The lowest BCUT2D eigenvalue weighted by Crippen LogP contribution is -2.33. The molecule has 1 aliphatic heterocycles. The maximum atomic E-state index is 14.9. The van der Waals surface area contributed by atoms with Crippen molar-refractivity contribution in [2.75, 3.05) is 23.3 Å². The van der Waals surface area contributed by atoms with Crippen molar-refractivity contribution in [3.05, 3.63) is 104 Å². The van der Waals surface area contributed by atoms with Crippen molar-refractivity contribution < 1.29 is 18.1 Å². The predicted octanol–water partition coefficient (Wildman–Crippen LogP) is 4.94. The Morgan fingerprint density at radius 2 is 1.84 bits per heavy atom. The molecule has 5 rings (SSSR count). The quantitative estimate of drug-likeness (QED) is 0.252. The Balaban J connectivity index is 0.00000320. The Hall–Kier alpha value is -4.12. The first-order valence-electron chi connectivity index (χ1n) is 11.6. The largest absolute Gasteiger partial charge is 0.437 e. The summed E-state index contributed by atoms with van der Waals surface area (Å²) in [5.41, 5.74) is 1.99. The zero-order valence-electron chi connectivity index (χ0n) is 19.7. The number of rotatable bonds is 8. The van der Waals surface area contributed by atoms with E-state index in [0.717, 1.165) is 5.56 Å². The van der Waals surface area contributed by atoms with Gasteiger partial charge in [0.2, 0.25) is 5.89 Å². The van der Waals surface area contributed by atoms with Crippen LogP contribution in [0.4, 0.5) is 21.6 Å². The van der Waals surface area contributed by atoms with Gasteiger partial charge in [-0.05, 0) is 42.7 Å². The first kappa shape index (κ1) is 26.0. The lowest BCUT2D eigenvalue weighted by Gasteiger charge is -2.32. The summed E-state index contributed by atoms with van der Waals surface area (Å²) < 4.78 is 26.8. The zero-order chi connectivity index (χ0) is 25.1. The van der Waals surface area contributed by atoms with Crippen molar-refractivity contribution in [2.45, 2.75) is 31.8 Å². The number of hydrogen-bond acceptors (Lipinski definition) is 8. The highest BCUT2D eigenvalue weighted by Crippen LogP contribution is 2.31. The molecular weight excluding hydrogens is 505 g/mol. The number of nitro groups is 1. The topological polar surface area (TPSA) is 120 Å². The molecule has 194 valence electrons. The SMILES string of the molecule is Cl.O=c1oc(C2CCN(c3ccc(NCc4ccc([N+](=O)[O-])o4)cc3F)CC2)nn1Cc1ccccc1. The third kappa shape index (κ3) is 6.00. The first-order valence-corrected chi connectivity index (χ1v) is 11.6. The van der Waals surface area contributed by atoms with Crippen molar-refractivity contribution in [1.29, 1.82) is 0 Å². The number of halogens is 2. The van der Waals surface area contributed by atoms with Gasteiger partial charge in [0.25, 0.3) is 0 Å². The van der Waals surface area contributed by atoms with Crippen LogP contribution in [-0.4, -0.2) is 27.8 Å². The fraction of sp³-hybridized carbons (Fsp3) is 0.280. The second kappa shape index (κ2) is 11.3. The molecule has 0 amide bonds. The number of aromatic nitrogens is 2. The summed E-state index contributed by atoms with van der Waals surface area (Å²) in [6, 6.07) is 17.2. The molecule has 0 saturated carbocycles. The molecule has 4 aromatic rings. The van der Waals surface area contributed by atoms with Crippen molar-refractivity contribution in [2.24, 2.45) is 0 Å². The van der Waals surface area contributed by atoms with E-state index in [9.17, 15) is 19.3 Å². The van der Waals surface area contributed by atoms with E-state index < -0.39 is 10.7 Å². The Bertz CT molecular complexity index is 1410. The Morgan fingerprint density at radius 3 is 2.51 bits per heavy atom. The van der Waals surface area contributed by atoms with Crippen LogP contribution in [0.25, 0.3) is 0 Å². The number of piperidine rings is 1. The van der Waals surface area contributed by atoms with Crippen LogP contribution in [0.2, 0.25) is 0 Å². The van der Waals surface area contributed by atoms with E-state index in [1.54, 1.807) is 12.1 Å². The molecule has 12 heteroatoms. The van der Waals surface area contributed by atoms with Crippen LogP contribution in [0.5, 0.6) is 0 Å². The second-order valence-corrected chi connectivity index (χ2v) is 8.63. The van der Waals surface area contributed by atoms with Gasteiger partial charge >= 0.3 is 11.6 Å². The standard InChI is InChI=1S/C25H24FN5O5.ClH/c26-21-14-19(27-15-20-7-9-23(35-20)31(33)34)6-8-22(21)29-12-10-18(11-13-29)24-28-30(25(32)36-24)16-17-4-2-1-3-5-17;/h1-9,14,18,27H,10-13,15-16H2;1H. The van der Waals surface area contributed by atoms with Crippen LogP contribution >= 0.6 is 12.4 Å². The van der Waals surface area contributed by atoms with Crippen LogP contribution in [0.3, 0.4) is 0 Å². The van der Waals surface area contributed by atoms with Gasteiger partial charge in [0, 0.05) is 24.7 Å². The van der Waals surface area contributed by atoms with Gasteiger partial charge in [-0.3, -0.25) is 10.1 Å². The van der Waals surface area contributed by atoms with E-state index in [1.165, 1.54) is 22.9 Å². The molecule has 1 N–H and O–H groups in total. The van der Waals surface area contributed by atoms with E-state index in [2.05, 4.69) is 10.4 Å². The van der Waals surface area contributed by atoms with E-state index in [-0.39, 0.29) is 36.6 Å². The molecule has 0 aliphatic carbocycles. The van der Waals surface area contributed by atoms with Gasteiger partial charge in [0.1, 0.15) is 16.5 Å². The molecule has 1 saturated heterocycles. The van der Waals surface area contributed by atoms with Crippen LogP contribution in [0, 0.1) is 15.9 Å².